The lowest BCUT2D eigenvalue weighted by atomic mass is 10.0. The third kappa shape index (κ3) is 1.43. The van der Waals surface area contributed by atoms with Crippen LogP contribution in [0.4, 0.5) is 0 Å². The summed E-state index contributed by atoms with van der Waals surface area (Å²) in [5.41, 5.74) is 2.61. The molecule has 0 radical (unpaired) electrons. The molecule has 0 aliphatic carbocycles. The molecule has 1 aromatic rings. The summed E-state index contributed by atoms with van der Waals surface area (Å²) in [6.07, 6.45) is 0. The van der Waals surface area contributed by atoms with E-state index in [1.54, 1.807) is 0 Å². The average molecular weight is 202 g/mol. The van der Waals surface area contributed by atoms with Gasteiger partial charge in [0.05, 0.1) is 5.92 Å². The van der Waals surface area contributed by atoms with Crippen molar-refractivity contribution in [1.82, 2.24) is 10.2 Å². The van der Waals surface area contributed by atoms with E-state index < -0.39 is 0 Å². The van der Waals surface area contributed by atoms with Gasteiger partial charge in [-0.25, -0.2) is 0 Å². The number of benzene rings is 1. The summed E-state index contributed by atoms with van der Waals surface area (Å²) in [5.74, 6) is 0.532. The second-order valence-electron chi connectivity index (χ2n) is 4.32. The molecule has 78 valence electrons. The third-order valence-electron chi connectivity index (χ3n) is 3.28. The molecule has 1 N–H and O–H groups in total. The first-order valence-electron chi connectivity index (χ1n) is 5.41. The summed E-state index contributed by atoms with van der Waals surface area (Å²) < 4.78 is 0. The molecule has 2 aliphatic heterocycles. The van der Waals surface area contributed by atoms with E-state index in [-0.39, 0.29) is 5.92 Å². The largest absolute Gasteiger partial charge is 0.334 e. The maximum atomic E-state index is 12.0. The Labute approximate surface area is 89.1 Å². The van der Waals surface area contributed by atoms with Gasteiger partial charge in [-0.05, 0) is 11.1 Å². The smallest absolute Gasteiger partial charge is 0.228 e. The molecule has 1 fully saturated rings. The average Bonchev–Trinajstić information content (AvgIpc) is 2.58. The highest BCUT2D eigenvalue weighted by molar-refractivity contribution is 5.80. The lowest BCUT2D eigenvalue weighted by Gasteiger charge is -2.29. The second kappa shape index (κ2) is 3.35. The minimum atomic E-state index is 0.222. The number of amides is 1. The SMILES string of the molecule is O=C(C1CNC1)N1Cc2ccccc2C1. The van der Waals surface area contributed by atoms with E-state index in [2.05, 4.69) is 17.4 Å². The van der Waals surface area contributed by atoms with E-state index in [4.69, 9.17) is 0 Å². The van der Waals surface area contributed by atoms with Crippen molar-refractivity contribution in [1.29, 1.82) is 0 Å². The first kappa shape index (κ1) is 8.92. The summed E-state index contributed by atoms with van der Waals surface area (Å²) in [7, 11) is 0. The quantitative estimate of drug-likeness (QED) is 0.728. The van der Waals surface area contributed by atoms with Gasteiger partial charge in [-0.3, -0.25) is 4.79 Å². The molecule has 1 saturated heterocycles. The maximum Gasteiger partial charge on any atom is 0.228 e. The number of nitrogens with zero attached hydrogens (tertiary/aromatic N) is 1. The summed E-state index contributed by atoms with van der Waals surface area (Å²) in [4.78, 5) is 14.0. The van der Waals surface area contributed by atoms with Crippen LogP contribution < -0.4 is 5.32 Å². The van der Waals surface area contributed by atoms with Gasteiger partial charge in [-0.1, -0.05) is 24.3 Å². The molecular formula is C12H14N2O. The molecule has 3 heteroatoms. The van der Waals surface area contributed by atoms with E-state index in [9.17, 15) is 4.79 Å². The van der Waals surface area contributed by atoms with Crippen molar-refractivity contribution in [2.45, 2.75) is 13.1 Å². The number of rotatable bonds is 1. The van der Waals surface area contributed by atoms with Crippen LogP contribution in [0.5, 0.6) is 0 Å². The Morgan fingerprint density at radius 2 is 1.80 bits per heavy atom. The van der Waals surface area contributed by atoms with Crippen molar-refractivity contribution >= 4 is 5.91 Å². The second-order valence-corrected chi connectivity index (χ2v) is 4.32. The van der Waals surface area contributed by atoms with Crippen LogP contribution in [-0.4, -0.2) is 23.9 Å². The Morgan fingerprint density at radius 1 is 1.20 bits per heavy atom. The molecule has 1 aromatic carbocycles. The van der Waals surface area contributed by atoms with Gasteiger partial charge in [0.1, 0.15) is 0 Å². The maximum absolute atomic E-state index is 12.0. The van der Waals surface area contributed by atoms with Crippen LogP contribution >= 0.6 is 0 Å². The van der Waals surface area contributed by atoms with Crippen molar-refractivity contribution in [3.05, 3.63) is 35.4 Å². The first-order valence-corrected chi connectivity index (χ1v) is 5.41. The van der Waals surface area contributed by atoms with Gasteiger partial charge in [-0.2, -0.15) is 0 Å². The van der Waals surface area contributed by atoms with Crippen LogP contribution in [0.15, 0.2) is 24.3 Å². The fourth-order valence-corrected chi connectivity index (χ4v) is 2.21. The molecule has 0 atom stereocenters. The Kier molecular flexibility index (Phi) is 1.99. The van der Waals surface area contributed by atoms with Gasteiger partial charge in [0, 0.05) is 26.2 Å². The van der Waals surface area contributed by atoms with E-state index in [0.717, 1.165) is 26.2 Å². The minimum absolute atomic E-state index is 0.222. The molecule has 2 heterocycles. The van der Waals surface area contributed by atoms with Gasteiger partial charge in [0.15, 0.2) is 0 Å². The van der Waals surface area contributed by atoms with Crippen molar-refractivity contribution in [2.75, 3.05) is 13.1 Å². The third-order valence-corrected chi connectivity index (χ3v) is 3.28. The number of nitrogens with one attached hydrogen (secondary N) is 1. The van der Waals surface area contributed by atoms with Crippen LogP contribution in [0.2, 0.25) is 0 Å². The first-order chi connectivity index (χ1) is 7.34. The van der Waals surface area contributed by atoms with Gasteiger partial charge >= 0.3 is 0 Å². The van der Waals surface area contributed by atoms with E-state index in [1.807, 2.05) is 17.0 Å². The normalized spacial score (nSPS) is 19.9. The fourth-order valence-electron chi connectivity index (χ4n) is 2.21. The van der Waals surface area contributed by atoms with E-state index >= 15 is 0 Å². The molecule has 0 bridgehead atoms. The topological polar surface area (TPSA) is 32.3 Å². The standard InChI is InChI=1S/C12H14N2O/c15-12(11-5-13-6-11)14-7-9-3-1-2-4-10(9)8-14/h1-4,11,13H,5-8H2. The summed E-state index contributed by atoms with van der Waals surface area (Å²) in [5, 5.41) is 3.14. The summed E-state index contributed by atoms with van der Waals surface area (Å²) in [6.45, 7) is 3.30. The number of carbonyl (C=O) groups excluding carboxylic acids is 1. The molecule has 0 unspecified atom stereocenters. The van der Waals surface area contributed by atoms with Crippen LogP contribution in [0, 0.1) is 5.92 Å². The molecule has 2 aliphatic rings. The zero-order valence-corrected chi connectivity index (χ0v) is 8.57. The van der Waals surface area contributed by atoms with E-state index in [0.29, 0.717) is 5.91 Å². The lowest BCUT2D eigenvalue weighted by Crippen LogP contribution is -2.50. The Morgan fingerprint density at radius 3 is 2.27 bits per heavy atom. The Hall–Kier alpha value is -1.35. The molecule has 3 nitrogen and oxygen atoms in total. The molecule has 0 saturated carbocycles. The van der Waals surface area contributed by atoms with E-state index in [1.165, 1.54) is 11.1 Å². The molecule has 0 spiro atoms. The summed E-state index contributed by atoms with van der Waals surface area (Å²) >= 11 is 0. The highest BCUT2D eigenvalue weighted by atomic mass is 16.2. The monoisotopic (exact) mass is 202 g/mol. The predicted octanol–water partition coefficient (Wildman–Crippen LogP) is 0.748. The van der Waals surface area contributed by atoms with Gasteiger partial charge in [-0.15, -0.1) is 0 Å². The zero-order valence-electron chi connectivity index (χ0n) is 8.57. The Balaban J connectivity index is 1.75. The van der Waals surface area contributed by atoms with Crippen LogP contribution in [0.25, 0.3) is 0 Å². The van der Waals surface area contributed by atoms with Gasteiger partial charge < -0.3 is 10.2 Å². The molecular weight excluding hydrogens is 188 g/mol. The fraction of sp³-hybridized carbons (Fsp3) is 0.417. The van der Waals surface area contributed by atoms with Crippen molar-refractivity contribution in [2.24, 2.45) is 5.92 Å². The van der Waals surface area contributed by atoms with Crippen molar-refractivity contribution in [3.8, 4) is 0 Å². The predicted molar refractivity (Wildman–Crippen MR) is 57.1 cm³/mol. The molecule has 15 heavy (non-hydrogen) atoms. The van der Waals surface area contributed by atoms with Crippen molar-refractivity contribution < 1.29 is 4.79 Å². The van der Waals surface area contributed by atoms with Crippen LogP contribution in [0.3, 0.4) is 0 Å². The molecule has 3 rings (SSSR count). The van der Waals surface area contributed by atoms with Crippen LogP contribution in [0.1, 0.15) is 11.1 Å². The highest BCUT2D eigenvalue weighted by Crippen LogP contribution is 2.24. The Bertz CT molecular complexity index is 373. The van der Waals surface area contributed by atoms with Crippen molar-refractivity contribution in [3.63, 3.8) is 0 Å². The molecule has 1 amide bonds. The number of carbonyl (C=O) groups is 1. The number of hydrogen-bond donors (Lipinski definition) is 1. The highest BCUT2D eigenvalue weighted by Gasteiger charge is 2.31. The van der Waals surface area contributed by atoms with Gasteiger partial charge in [0.2, 0.25) is 5.91 Å². The number of hydrogen-bond acceptors (Lipinski definition) is 2. The molecule has 0 aromatic heterocycles. The lowest BCUT2D eigenvalue weighted by molar-refractivity contribution is -0.137. The van der Waals surface area contributed by atoms with Gasteiger partial charge in [0.25, 0.3) is 0 Å². The number of fused-ring (bicyclic) bond motifs is 1. The minimum Gasteiger partial charge on any atom is -0.334 e. The van der Waals surface area contributed by atoms with Crippen LogP contribution in [-0.2, 0) is 17.9 Å². The summed E-state index contributed by atoms with van der Waals surface area (Å²) in [6, 6.07) is 8.30. The zero-order chi connectivity index (χ0) is 10.3.